The van der Waals surface area contributed by atoms with E-state index in [1.54, 1.807) is 32.4 Å². The number of para-hydroxylation sites is 1. The number of halogens is 1. The van der Waals surface area contributed by atoms with E-state index in [1.165, 1.54) is 6.07 Å². The number of hydrogen-bond acceptors (Lipinski definition) is 4. The van der Waals surface area contributed by atoms with Crippen LogP contribution in [0.4, 0.5) is 15.8 Å². The fourth-order valence-electron chi connectivity index (χ4n) is 5.21. The summed E-state index contributed by atoms with van der Waals surface area (Å²) in [5.41, 5.74) is 5.49. The average Bonchev–Trinajstić information content (AvgIpc) is 3.44. The Morgan fingerprint density at radius 2 is 1.90 bits per heavy atom. The van der Waals surface area contributed by atoms with Gasteiger partial charge in [0.15, 0.2) is 5.11 Å². The summed E-state index contributed by atoms with van der Waals surface area (Å²) in [4.78, 5) is 18.7. The molecule has 0 unspecified atom stereocenters. The molecular weight excluding hydrogens is 513 g/mol. The van der Waals surface area contributed by atoms with E-state index in [2.05, 4.69) is 21.7 Å². The first kappa shape index (κ1) is 26.4. The number of benzene rings is 2. The SMILES string of the molecule is CCC(=O)Nc1ccc(N2C(=S)N[C@@H](c3ccccn3)[C@H]2c2cc(C)n(-c3ccccc3F)c2C)cc1OC. The van der Waals surface area contributed by atoms with Crippen LogP contribution in [-0.2, 0) is 4.79 Å². The largest absolute Gasteiger partial charge is 0.494 e. The summed E-state index contributed by atoms with van der Waals surface area (Å²) < 4.78 is 22.5. The van der Waals surface area contributed by atoms with Gasteiger partial charge in [0.2, 0.25) is 5.91 Å². The molecule has 4 aromatic rings. The highest BCUT2D eigenvalue weighted by Crippen LogP contribution is 2.45. The number of amides is 1. The van der Waals surface area contributed by atoms with Crippen LogP contribution in [0, 0.1) is 19.7 Å². The maximum atomic E-state index is 14.9. The Kier molecular flexibility index (Phi) is 7.34. The number of aryl methyl sites for hydroxylation is 1. The number of carbonyl (C=O) groups excluding carboxylic acids is 1. The molecule has 39 heavy (non-hydrogen) atoms. The molecule has 7 nitrogen and oxygen atoms in total. The molecule has 2 N–H and O–H groups in total. The van der Waals surface area contributed by atoms with Crippen LogP contribution in [0.5, 0.6) is 5.75 Å². The molecule has 0 saturated carbocycles. The van der Waals surface area contributed by atoms with Gasteiger partial charge in [0.1, 0.15) is 11.6 Å². The molecule has 0 aliphatic carbocycles. The van der Waals surface area contributed by atoms with E-state index < -0.39 is 0 Å². The Balaban J connectivity index is 1.66. The van der Waals surface area contributed by atoms with Crippen molar-refractivity contribution in [3.63, 3.8) is 0 Å². The van der Waals surface area contributed by atoms with Crippen molar-refractivity contribution in [3.8, 4) is 11.4 Å². The van der Waals surface area contributed by atoms with E-state index in [1.807, 2.05) is 65.8 Å². The standard InChI is InChI=1S/C30H30FN5O2S/c1-5-27(37)33-23-14-13-20(17-26(23)38-4)36-29(28(34-30(36)39)24-11-8-9-15-32-24)21-16-18(2)35(19(21)3)25-12-7-6-10-22(25)31/h6-17,28-29H,5H2,1-4H3,(H,33,37)(H,34,39)/t28-,29+/m0/s1. The number of anilines is 2. The topological polar surface area (TPSA) is 71.4 Å². The van der Waals surface area contributed by atoms with E-state index in [4.69, 9.17) is 17.0 Å². The molecular formula is C30H30FN5O2S. The molecule has 2 aromatic heterocycles. The van der Waals surface area contributed by atoms with Gasteiger partial charge in [-0.2, -0.15) is 0 Å². The Morgan fingerprint density at radius 3 is 2.59 bits per heavy atom. The molecule has 5 rings (SSSR count). The fourth-order valence-corrected chi connectivity index (χ4v) is 5.56. The predicted molar refractivity (Wildman–Crippen MR) is 155 cm³/mol. The molecule has 1 aliphatic rings. The second kappa shape index (κ2) is 10.9. The molecule has 0 spiro atoms. The van der Waals surface area contributed by atoms with Gasteiger partial charge in [-0.05, 0) is 74.1 Å². The lowest BCUT2D eigenvalue weighted by molar-refractivity contribution is -0.115. The van der Waals surface area contributed by atoms with Gasteiger partial charge in [-0.15, -0.1) is 0 Å². The van der Waals surface area contributed by atoms with E-state index >= 15 is 0 Å². The maximum absolute atomic E-state index is 14.9. The maximum Gasteiger partial charge on any atom is 0.224 e. The second-order valence-corrected chi connectivity index (χ2v) is 9.78. The molecule has 3 heterocycles. The number of nitrogens with one attached hydrogen (secondary N) is 2. The van der Waals surface area contributed by atoms with Crippen molar-refractivity contribution in [1.29, 1.82) is 0 Å². The summed E-state index contributed by atoms with van der Waals surface area (Å²) in [6.07, 6.45) is 2.12. The van der Waals surface area contributed by atoms with E-state index in [-0.39, 0.29) is 23.8 Å². The zero-order valence-corrected chi connectivity index (χ0v) is 23.1. The van der Waals surface area contributed by atoms with Crippen molar-refractivity contribution in [1.82, 2.24) is 14.9 Å². The highest BCUT2D eigenvalue weighted by molar-refractivity contribution is 7.80. The van der Waals surface area contributed by atoms with Crippen molar-refractivity contribution in [2.24, 2.45) is 0 Å². The summed E-state index contributed by atoms with van der Waals surface area (Å²) in [5, 5.41) is 6.88. The fraction of sp³-hybridized carbons (Fsp3) is 0.233. The summed E-state index contributed by atoms with van der Waals surface area (Å²) in [6, 6.07) is 19.7. The highest BCUT2D eigenvalue weighted by atomic mass is 32.1. The van der Waals surface area contributed by atoms with Gasteiger partial charge in [-0.3, -0.25) is 9.78 Å². The van der Waals surface area contributed by atoms with Crippen molar-refractivity contribution in [3.05, 3.63) is 101 Å². The van der Waals surface area contributed by atoms with Gasteiger partial charge in [-0.1, -0.05) is 25.1 Å². The Labute approximate surface area is 232 Å². The minimum Gasteiger partial charge on any atom is -0.494 e. The second-order valence-electron chi connectivity index (χ2n) is 9.40. The van der Waals surface area contributed by atoms with E-state index in [0.717, 1.165) is 28.3 Å². The third-order valence-corrected chi connectivity index (χ3v) is 7.35. The molecule has 1 saturated heterocycles. The number of rotatable bonds is 7. The Morgan fingerprint density at radius 1 is 1.13 bits per heavy atom. The van der Waals surface area contributed by atoms with Crippen LogP contribution in [-0.4, -0.2) is 27.7 Å². The van der Waals surface area contributed by atoms with Crippen LogP contribution in [0.2, 0.25) is 0 Å². The zero-order chi connectivity index (χ0) is 27.7. The Bertz CT molecular complexity index is 1540. The van der Waals surface area contributed by atoms with Crippen LogP contribution in [0.15, 0.2) is 72.9 Å². The summed E-state index contributed by atoms with van der Waals surface area (Å²) in [7, 11) is 1.57. The van der Waals surface area contributed by atoms with Crippen LogP contribution in [0.25, 0.3) is 5.69 Å². The lowest BCUT2D eigenvalue weighted by atomic mass is 9.96. The van der Waals surface area contributed by atoms with E-state index in [9.17, 15) is 9.18 Å². The lowest BCUT2D eigenvalue weighted by Crippen LogP contribution is -2.29. The van der Waals surface area contributed by atoms with E-state index in [0.29, 0.717) is 28.7 Å². The Hall–Kier alpha value is -4.24. The predicted octanol–water partition coefficient (Wildman–Crippen LogP) is 6.16. The molecule has 0 bridgehead atoms. The summed E-state index contributed by atoms with van der Waals surface area (Å²) in [5.74, 6) is 0.126. The van der Waals surface area contributed by atoms with Crippen LogP contribution < -0.4 is 20.3 Å². The quantitative estimate of drug-likeness (QED) is 0.272. The van der Waals surface area contributed by atoms with Crippen LogP contribution in [0.1, 0.15) is 48.1 Å². The van der Waals surface area contributed by atoms with Gasteiger partial charge >= 0.3 is 0 Å². The number of thiocarbonyl (C=S) groups is 1. The van der Waals surface area contributed by atoms with Gasteiger partial charge in [0.05, 0.1) is 36.3 Å². The number of nitrogens with zero attached hydrogens (tertiary/aromatic N) is 3. The average molecular weight is 544 g/mol. The van der Waals surface area contributed by atoms with Crippen molar-refractivity contribution < 1.29 is 13.9 Å². The van der Waals surface area contributed by atoms with Crippen LogP contribution in [0.3, 0.4) is 0 Å². The monoisotopic (exact) mass is 543 g/mol. The van der Waals surface area contributed by atoms with Crippen LogP contribution >= 0.6 is 12.2 Å². The molecule has 2 atom stereocenters. The summed E-state index contributed by atoms with van der Waals surface area (Å²) in [6.45, 7) is 5.76. The minimum atomic E-state index is -0.293. The first-order valence-electron chi connectivity index (χ1n) is 12.8. The first-order chi connectivity index (χ1) is 18.8. The van der Waals surface area contributed by atoms with Gasteiger partial charge in [0.25, 0.3) is 0 Å². The zero-order valence-electron chi connectivity index (χ0n) is 22.2. The third-order valence-electron chi connectivity index (χ3n) is 7.04. The van der Waals surface area contributed by atoms with Gasteiger partial charge < -0.3 is 24.8 Å². The molecule has 200 valence electrons. The molecule has 0 radical (unpaired) electrons. The number of pyridine rings is 1. The minimum absolute atomic E-state index is 0.104. The number of aromatic nitrogens is 2. The third kappa shape index (κ3) is 4.85. The molecule has 1 amide bonds. The van der Waals surface area contributed by atoms with Crippen molar-refractivity contribution in [2.75, 3.05) is 17.3 Å². The summed E-state index contributed by atoms with van der Waals surface area (Å²) >= 11 is 5.88. The molecule has 1 fully saturated rings. The lowest BCUT2D eigenvalue weighted by Gasteiger charge is -2.29. The first-order valence-corrected chi connectivity index (χ1v) is 13.2. The molecule has 2 aromatic carbocycles. The van der Waals surface area contributed by atoms with Gasteiger partial charge in [0, 0.05) is 35.8 Å². The van der Waals surface area contributed by atoms with Crippen molar-refractivity contribution >= 4 is 34.6 Å². The number of hydrogen-bond donors (Lipinski definition) is 2. The number of methoxy groups -OCH3 is 1. The smallest absolute Gasteiger partial charge is 0.224 e. The van der Waals surface area contributed by atoms with Gasteiger partial charge in [-0.25, -0.2) is 4.39 Å². The number of carbonyl (C=O) groups is 1. The number of ether oxygens (including phenoxy) is 1. The normalized spacial score (nSPS) is 16.7. The highest BCUT2D eigenvalue weighted by Gasteiger charge is 2.42. The van der Waals surface area contributed by atoms with Crippen molar-refractivity contribution in [2.45, 2.75) is 39.3 Å². The molecule has 9 heteroatoms. The molecule has 1 aliphatic heterocycles.